The molecular weight excluding hydrogens is 262 g/mol. The Morgan fingerprint density at radius 3 is 2.80 bits per heavy atom. The summed E-state index contributed by atoms with van der Waals surface area (Å²) in [6, 6.07) is 6.62. The van der Waals surface area contributed by atoms with E-state index >= 15 is 0 Å². The quantitative estimate of drug-likeness (QED) is 0.622. The van der Waals surface area contributed by atoms with Crippen LogP contribution in [0.4, 0.5) is 0 Å². The summed E-state index contributed by atoms with van der Waals surface area (Å²) in [5.41, 5.74) is -0.674. The third-order valence-electron chi connectivity index (χ3n) is 2.85. The van der Waals surface area contributed by atoms with E-state index in [0.717, 1.165) is 4.57 Å². The van der Waals surface area contributed by atoms with Gasteiger partial charge in [-0.2, -0.15) is 0 Å². The number of carbonyl (C=O) groups excluding carboxylic acids is 1. The molecule has 0 saturated heterocycles. The second-order valence-electron chi connectivity index (χ2n) is 4.29. The van der Waals surface area contributed by atoms with E-state index < -0.39 is 17.2 Å². The van der Waals surface area contributed by atoms with Crippen LogP contribution in [0.3, 0.4) is 0 Å². The molecule has 0 atom stereocenters. The predicted octanol–water partition coefficient (Wildman–Crippen LogP) is -0.812. The minimum atomic E-state index is -0.619. The Labute approximate surface area is 113 Å². The largest absolute Gasteiger partial charge is 0.396 e. The number of para-hydroxylation sites is 1. The number of amides is 1. The third-order valence-corrected chi connectivity index (χ3v) is 2.85. The molecule has 0 radical (unpaired) electrons. The summed E-state index contributed by atoms with van der Waals surface area (Å²) in [6.07, 6.45) is 0.425. The molecule has 1 aromatic heterocycles. The van der Waals surface area contributed by atoms with E-state index in [-0.39, 0.29) is 13.2 Å². The lowest BCUT2D eigenvalue weighted by Crippen LogP contribution is -2.40. The number of hydrogen-bond donors (Lipinski definition) is 3. The van der Waals surface area contributed by atoms with Crippen LogP contribution in [-0.4, -0.2) is 33.7 Å². The number of hydrogen-bond acceptors (Lipinski definition) is 4. The van der Waals surface area contributed by atoms with Gasteiger partial charge in [-0.25, -0.2) is 4.79 Å². The van der Waals surface area contributed by atoms with Gasteiger partial charge in [-0.3, -0.25) is 14.2 Å². The highest BCUT2D eigenvalue weighted by atomic mass is 16.3. The van der Waals surface area contributed by atoms with Gasteiger partial charge in [0.15, 0.2) is 0 Å². The van der Waals surface area contributed by atoms with E-state index in [1.807, 2.05) is 0 Å². The molecule has 0 saturated carbocycles. The Kier molecular flexibility index (Phi) is 4.31. The van der Waals surface area contributed by atoms with Gasteiger partial charge in [-0.15, -0.1) is 0 Å². The average Bonchev–Trinajstić information content (AvgIpc) is 2.44. The van der Waals surface area contributed by atoms with Crippen LogP contribution >= 0.6 is 0 Å². The number of carbonyl (C=O) groups is 1. The van der Waals surface area contributed by atoms with Gasteiger partial charge in [0.1, 0.15) is 6.54 Å². The standard InChI is InChI=1S/C13H15N3O4/c17-7-3-6-14-11(18)8-16-12(19)9-4-1-2-5-10(9)15-13(16)20/h1-2,4-5,17H,3,6-8H2,(H,14,18)(H,15,20). The van der Waals surface area contributed by atoms with Crippen molar-refractivity contribution < 1.29 is 9.90 Å². The Hall–Kier alpha value is -2.41. The minimum Gasteiger partial charge on any atom is -0.396 e. The van der Waals surface area contributed by atoms with Crippen molar-refractivity contribution in [2.75, 3.05) is 13.2 Å². The fourth-order valence-corrected chi connectivity index (χ4v) is 1.85. The molecule has 2 aromatic rings. The summed E-state index contributed by atoms with van der Waals surface area (Å²) in [5.74, 6) is -0.443. The Balaban J connectivity index is 2.28. The maximum atomic E-state index is 12.1. The molecule has 0 aliphatic carbocycles. The van der Waals surface area contributed by atoms with Crippen molar-refractivity contribution in [3.05, 3.63) is 45.1 Å². The molecule has 0 unspecified atom stereocenters. The number of nitrogens with one attached hydrogen (secondary N) is 2. The first kappa shape index (κ1) is 14.0. The Bertz CT molecular complexity index is 732. The van der Waals surface area contributed by atoms with Crippen molar-refractivity contribution in [3.63, 3.8) is 0 Å². The van der Waals surface area contributed by atoms with Gasteiger partial charge in [0.2, 0.25) is 5.91 Å². The SMILES string of the molecule is O=C(Cn1c(=O)[nH]c2ccccc2c1=O)NCCCO. The molecule has 0 spiro atoms. The van der Waals surface area contributed by atoms with Crippen LogP contribution < -0.4 is 16.6 Å². The molecule has 1 amide bonds. The number of H-pyrrole nitrogens is 1. The number of aromatic nitrogens is 2. The van der Waals surface area contributed by atoms with Crippen LogP contribution in [0.2, 0.25) is 0 Å². The summed E-state index contributed by atoms with van der Waals surface area (Å²) in [7, 11) is 0. The van der Waals surface area contributed by atoms with Crippen LogP contribution in [0.15, 0.2) is 33.9 Å². The van der Waals surface area contributed by atoms with Gasteiger partial charge < -0.3 is 15.4 Å². The first-order valence-electron chi connectivity index (χ1n) is 6.23. The fourth-order valence-electron chi connectivity index (χ4n) is 1.85. The molecule has 0 aliphatic rings. The topological polar surface area (TPSA) is 104 Å². The van der Waals surface area contributed by atoms with E-state index in [0.29, 0.717) is 23.9 Å². The average molecular weight is 277 g/mol. The second-order valence-corrected chi connectivity index (χ2v) is 4.29. The number of aliphatic hydroxyl groups excluding tert-OH is 1. The zero-order valence-electron chi connectivity index (χ0n) is 10.8. The monoisotopic (exact) mass is 277 g/mol. The summed E-state index contributed by atoms with van der Waals surface area (Å²) in [6.45, 7) is -0.0726. The third kappa shape index (κ3) is 2.94. The lowest BCUT2D eigenvalue weighted by molar-refractivity contribution is -0.121. The second kappa shape index (κ2) is 6.16. The number of aliphatic hydroxyl groups is 1. The van der Waals surface area contributed by atoms with Crippen molar-refractivity contribution in [1.82, 2.24) is 14.9 Å². The van der Waals surface area contributed by atoms with Gasteiger partial charge in [0.05, 0.1) is 10.9 Å². The maximum absolute atomic E-state index is 12.1. The zero-order chi connectivity index (χ0) is 14.5. The van der Waals surface area contributed by atoms with E-state index in [2.05, 4.69) is 10.3 Å². The van der Waals surface area contributed by atoms with Crippen LogP contribution in [0, 0.1) is 0 Å². The summed E-state index contributed by atoms with van der Waals surface area (Å²) in [4.78, 5) is 38.1. The summed E-state index contributed by atoms with van der Waals surface area (Å²) >= 11 is 0. The minimum absolute atomic E-state index is 0.0310. The normalized spacial score (nSPS) is 10.7. The Morgan fingerprint density at radius 2 is 2.05 bits per heavy atom. The van der Waals surface area contributed by atoms with Gasteiger partial charge in [-0.1, -0.05) is 12.1 Å². The first-order chi connectivity index (χ1) is 9.63. The lowest BCUT2D eigenvalue weighted by atomic mass is 10.2. The molecule has 7 nitrogen and oxygen atoms in total. The van der Waals surface area contributed by atoms with Gasteiger partial charge in [0.25, 0.3) is 5.56 Å². The highest BCUT2D eigenvalue weighted by Crippen LogP contribution is 2.02. The van der Waals surface area contributed by atoms with E-state index in [4.69, 9.17) is 5.11 Å². The lowest BCUT2D eigenvalue weighted by Gasteiger charge is -2.07. The number of aromatic amines is 1. The number of fused-ring (bicyclic) bond motifs is 1. The van der Waals surface area contributed by atoms with Crippen molar-refractivity contribution in [2.24, 2.45) is 0 Å². The van der Waals surface area contributed by atoms with Crippen molar-refractivity contribution >= 4 is 16.8 Å². The highest BCUT2D eigenvalue weighted by molar-refractivity contribution is 5.78. The highest BCUT2D eigenvalue weighted by Gasteiger charge is 2.10. The first-order valence-corrected chi connectivity index (χ1v) is 6.23. The van der Waals surface area contributed by atoms with E-state index in [1.54, 1.807) is 24.3 Å². The van der Waals surface area contributed by atoms with Gasteiger partial charge in [-0.05, 0) is 18.6 Å². The molecule has 3 N–H and O–H groups in total. The molecule has 0 bridgehead atoms. The Morgan fingerprint density at radius 1 is 1.30 bits per heavy atom. The molecule has 106 valence electrons. The van der Waals surface area contributed by atoms with Crippen molar-refractivity contribution in [3.8, 4) is 0 Å². The van der Waals surface area contributed by atoms with Gasteiger partial charge in [0, 0.05) is 13.2 Å². The molecule has 20 heavy (non-hydrogen) atoms. The van der Waals surface area contributed by atoms with Crippen LogP contribution in [-0.2, 0) is 11.3 Å². The zero-order valence-corrected chi connectivity index (χ0v) is 10.8. The maximum Gasteiger partial charge on any atom is 0.329 e. The number of benzene rings is 1. The summed E-state index contributed by atoms with van der Waals surface area (Å²) < 4.78 is 0.858. The van der Waals surface area contributed by atoms with Crippen molar-refractivity contribution in [2.45, 2.75) is 13.0 Å². The van der Waals surface area contributed by atoms with Crippen LogP contribution in [0.5, 0.6) is 0 Å². The predicted molar refractivity (Wildman–Crippen MR) is 73.5 cm³/mol. The molecular formula is C13H15N3O4. The molecule has 1 heterocycles. The molecule has 1 aromatic carbocycles. The van der Waals surface area contributed by atoms with Crippen LogP contribution in [0.25, 0.3) is 10.9 Å². The van der Waals surface area contributed by atoms with Crippen molar-refractivity contribution in [1.29, 1.82) is 0 Å². The molecule has 7 heteroatoms. The fraction of sp³-hybridized carbons (Fsp3) is 0.308. The van der Waals surface area contributed by atoms with E-state index in [1.165, 1.54) is 0 Å². The number of nitrogens with zero attached hydrogens (tertiary/aromatic N) is 1. The van der Waals surface area contributed by atoms with Crippen LogP contribution in [0.1, 0.15) is 6.42 Å². The van der Waals surface area contributed by atoms with Gasteiger partial charge >= 0.3 is 5.69 Å². The molecule has 0 fully saturated rings. The molecule has 2 rings (SSSR count). The number of rotatable bonds is 5. The van der Waals surface area contributed by atoms with E-state index in [9.17, 15) is 14.4 Å². The molecule has 0 aliphatic heterocycles. The summed E-state index contributed by atoms with van der Waals surface area (Å²) in [5, 5.41) is 11.5. The smallest absolute Gasteiger partial charge is 0.329 e.